The third-order valence-electron chi connectivity index (χ3n) is 3.19. The molecule has 0 aliphatic rings. The lowest BCUT2D eigenvalue weighted by molar-refractivity contribution is 0.199. The molecule has 0 aliphatic carbocycles. The number of hydrogen-bond acceptors (Lipinski definition) is 3. The van der Waals surface area contributed by atoms with Crippen molar-refractivity contribution in [1.82, 2.24) is 9.78 Å². The summed E-state index contributed by atoms with van der Waals surface area (Å²) in [6.07, 6.45) is -0.470. The number of ether oxygens (including phenoxy) is 1. The van der Waals surface area contributed by atoms with Gasteiger partial charge in [-0.2, -0.15) is 5.10 Å². The number of halogens is 1. The minimum Gasteiger partial charge on any atom is -0.487 e. The molecule has 0 radical (unpaired) electrons. The highest BCUT2D eigenvalue weighted by atomic mass is 35.5. The molecule has 4 nitrogen and oxygen atoms in total. The molecule has 5 heteroatoms. The highest BCUT2D eigenvalue weighted by molar-refractivity contribution is 6.31. The molecule has 1 atom stereocenters. The Morgan fingerprint density at radius 3 is 2.55 bits per heavy atom. The van der Waals surface area contributed by atoms with Crippen LogP contribution in [0.15, 0.2) is 24.3 Å². The van der Waals surface area contributed by atoms with Crippen LogP contribution in [0.25, 0.3) is 0 Å². The van der Waals surface area contributed by atoms with Gasteiger partial charge in [-0.05, 0) is 38.5 Å². The van der Waals surface area contributed by atoms with Crippen LogP contribution in [0.4, 0.5) is 0 Å². The number of rotatable bonds is 5. The van der Waals surface area contributed by atoms with E-state index in [1.54, 1.807) is 6.92 Å². The minimum atomic E-state index is -0.470. The summed E-state index contributed by atoms with van der Waals surface area (Å²) in [5.74, 6) is 0.743. The van der Waals surface area contributed by atoms with E-state index in [2.05, 4.69) is 5.10 Å². The van der Waals surface area contributed by atoms with Crippen LogP contribution in [-0.2, 0) is 13.2 Å². The number of aromatic nitrogens is 2. The fourth-order valence-corrected chi connectivity index (χ4v) is 2.19. The first-order valence-corrected chi connectivity index (χ1v) is 7.03. The molecule has 0 unspecified atom stereocenters. The summed E-state index contributed by atoms with van der Waals surface area (Å²) in [6, 6.07) is 7.39. The molecule has 0 aliphatic heterocycles. The van der Waals surface area contributed by atoms with Gasteiger partial charge in [0.05, 0.1) is 22.5 Å². The highest BCUT2D eigenvalue weighted by Gasteiger charge is 2.13. The summed E-state index contributed by atoms with van der Waals surface area (Å²) in [5, 5.41) is 14.5. The van der Waals surface area contributed by atoms with Crippen LogP contribution in [0.5, 0.6) is 5.75 Å². The van der Waals surface area contributed by atoms with E-state index in [-0.39, 0.29) is 0 Å². The molecule has 1 N–H and O–H groups in total. The summed E-state index contributed by atoms with van der Waals surface area (Å²) in [6.45, 7) is 6.77. The van der Waals surface area contributed by atoms with E-state index in [0.717, 1.165) is 29.2 Å². The van der Waals surface area contributed by atoms with Crippen molar-refractivity contribution >= 4 is 11.6 Å². The van der Waals surface area contributed by atoms with Gasteiger partial charge in [0.15, 0.2) is 0 Å². The van der Waals surface area contributed by atoms with Gasteiger partial charge in [0.25, 0.3) is 0 Å². The van der Waals surface area contributed by atoms with Crippen molar-refractivity contribution < 1.29 is 9.84 Å². The zero-order valence-corrected chi connectivity index (χ0v) is 12.7. The van der Waals surface area contributed by atoms with Crippen LogP contribution < -0.4 is 4.74 Å². The summed E-state index contributed by atoms with van der Waals surface area (Å²) in [7, 11) is 0. The molecule has 20 heavy (non-hydrogen) atoms. The predicted molar refractivity (Wildman–Crippen MR) is 79.1 cm³/mol. The van der Waals surface area contributed by atoms with Gasteiger partial charge in [0, 0.05) is 6.54 Å². The first-order valence-electron chi connectivity index (χ1n) is 6.65. The van der Waals surface area contributed by atoms with Crippen molar-refractivity contribution in [3.8, 4) is 5.75 Å². The van der Waals surface area contributed by atoms with Crippen molar-refractivity contribution in [2.24, 2.45) is 0 Å². The lowest BCUT2D eigenvalue weighted by Gasteiger charge is -2.10. The minimum absolute atomic E-state index is 0.377. The van der Waals surface area contributed by atoms with Crippen LogP contribution >= 0.6 is 11.6 Å². The van der Waals surface area contributed by atoms with Crippen LogP contribution in [0.1, 0.15) is 36.9 Å². The molecule has 0 amide bonds. The number of aliphatic hydroxyl groups is 1. The van der Waals surface area contributed by atoms with Crippen molar-refractivity contribution in [2.75, 3.05) is 0 Å². The van der Waals surface area contributed by atoms with Gasteiger partial charge in [-0.25, -0.2) is 0 Å². The third kappa shape index (κ3) is 3.14. The first-order chi connectivity index (χ1) is 9.52. The van der Waals surface area contributed by atoms with Gasteiger partial charge in [-0.1, -0.05) is 23.7 Å². The zero-order valence-electron chi connectivity index (χ0n) is 11.9. The fourth-order valence-electron chi connectivity index (χ4n) is 2.00. The molecule has 0 fully saturated rings. The van der Waals surface area contributed by atoms with E-state index < -0.39 is 6.10 Å². The Hall–Kier alpha value is -1.52. The number of aryl methyl sites for hydroxylation is 2. The van der Waals surface area contributed by atoms with Crippen LogP contribution in [-0.4, -0.2) is 14.9 Å². The second-order valence-electron chi connectivity index (χ2n) is 4.70. The number of nitrogens with zero attached hydrogens (tertiary/aromatic N) is 2. The number of hydrogen-bond donors (Lipinski definition) is 1. The lowest BCUT2D eigenvalue weighted by atomic mass is 10.1. The maximum atomic E-state index is 9.46. The Balaban J connectivity index is 2.09. The molecule has 1 aromatic carbocycles. The van der Waals surface area contributed by atoms with Crippen molar-refractivity contribution in [2.45, 2.75) is 40.0 Å². The Morgan fingerprint density at radius 1 is 1.35 bits per heavy atom. The quantitative estimate of drug-likeness (QED) is 0.918. The second-order valence-corrected chi connectivity index (χ2v) is 5.07. The summed E-state index contributed by atoms with van der Waals surface area (Å²) >= 11 is 6.23. The predicted octanol–water partition coefficient (Wildman–Crippen LogP) is 3.50. The molecule has 2 aromatic rings. The highest BCUT2D eigenvalue weighted by Crippen LogP contribution is 2.23. The maximum Gasteiger partial charge on any atom is 0.131 e. The largest absolute Gasteiger partial charge is 0.487 e. The summed E-state index contributed by atoms with van der Waals surface area (Å²) in [4.78, 5) is 0. The standard InChI is InChI=1S/C15H19ClN2O2/c1-4-18-14(15(16)10(2)17-18)9-20-13-7-5-12(6-8-13)11(3)19/h5-8,11,19H,4,9H2,1-3H3/t11-/m0/s1. The van der Waals surface area contributed by atoms with Crippen LogP contribution in [0, 0.1) is 6.92 Å². The SMILES string of the molecule is CCn1nc(C)c(Cl)c1COc1ccc([C@H](C)O)cc1. The van der Waals surface area contributed by atoms with Crippen LogP contribution in [0.3, 0.4) is 0 Å². The summed E-state index contributed by atoms with van der Waals surface area (Å²) in [5.41, 5.74) is 2.56. The Morgan fingerprint density at radius 2 is 2.00 bits per heavy atom. The molecule has 1 aromatic heterocycles. The normalized spacial score (nSPS) is 12.4. The van der Waals surface area contributed by atoms with E-state index in [4.69, 9.17) is 16.3 Å². The Kier molecular flexibility index (Phi) is 4.68. The summed E-state index contributed by atoms with van der Waals surface area (Å²) < 4.78 is 7.59. The van der Waals surface area contributed by atoms with Crippen molar-refractivity contribution in [3.63, 3.8) is 0 Å². The van der Waals surface area contributed by atoms with Gasteiger partial charge in [-0.3, -0.25) is 4.68 Å². The Bertz CT molecular complexity index is 576. The number of benzene rings is 1. The van der Waals surface area contributed by atoms with Crippen molar-refractivity contribution in [1.29, 1.82) is 0 Å². The average Bonchev–Trinajstić information content (AvgIpc) is 2.72. The monoisotopic (exact) mass is 294 g/mol. The molecule has 0 saturated carbocycles. The van der Waals surface area contributed by atoms with E-state index in [0.29, 0.717) is 11.6 Å². The number of aliphatic hydroxyl groups excluding tert-OH is 1. The van der Waals surface area contributed by atoms with Crippen LogP contribution in [0.2, 0.25) is 5.02 Å². The zero-order chi connectivity index (χ0) is 14.7. The smallest absolute Gasteiger partial charge is 0.131 e. The van der Waals surface area contributed by atoms with Gasteiger partial charge >= 0.3 is 0 Å². The van der Waals surface area contributed by atoms with Gasteiger partial charge in [0.1, 0.15) is 12.4 Å². The van der Waals surface area contributed by atoms with Gasteiger partial charge in [-0.15, -0.1) is 0 Å². The molecule has 0 saturated heterocycles. The molecule has 1 heterocycles. The maximum absolute atomic E-state index is 9.46. The molecule has 0 spiro atoms. The molecule has 2 rings (SSSR count). The van der Waals surface area contributed by atoms with E-state index in [1.165, 1.54) is 0 Å². The van der Waals surface area contributed by atoms with E-state index in [9.17, 15) is 5.11 Å². The van der Waals surface area contributed by atoms with Gasteiger partial charge < -0.3 is 9.84 Å². The average molecular weight is 295 g/mol. The first kappa shape index (κ1) is 14.9. The lowest BCUT2D eigenvalue weighted by Crippen LogP contribution is -2.06. The second kappa shape index (κ2) is 6.29. The topological polar surface area (TPSA) is 47.3 Å². The molecule has 108 valence electrons. The van der Waals surface area contributed by atoms with Crippen molar-refractivity contribution in [3.05, 3.63) is 46.2 Å². The fraction of sp³-hybridized carbons (Fsp3) is 0.400. The third-order valence-corrected chi connectivity index (χ3v) is 3.68. The molecular weight excluding hydrogens is 276 g/mol. The van der Waals surface area contributed by atoms with E-state index in [1.807, 2.05) is 42.8 Å². The molecular formula is C15H19ClN2O2. The van der Waals surface area contributed by atoms with E-state index >= 15 is 0 Å². The van der Waals surface area contributed by atoms with Gasteiger partial charge in [0.2, 0.25) is 0 Å². The Labute approximate surface area is 123 Å². The molecule has 0 bridgehead atoms.